The summed E-state index contributed by atoms with van der Waals surface area (Å²) in [6, 6.07) is 9.85. The van der Waals surface area contributed by atoms with Gasteiger partial charge in [-0.2, -0.15) is 0 Å². The van der Waals surface area contributed by atoms with Crippen molar-refractivity contribution in [2.45, 2.75) is 33.6 Å². The van der Waals surface area contributed by atoms with E-state index in [1.54, 1.807) is 0 Å². The molecule has 0 aromatic heterocycles. The van der Waals surface area contributed by atoms with E-state index in [0.717, 1.165) is 11.1 Å². The molecule has 0 bridgehead atoms. The van der Waals surface area contributed by atoms with E-state index in [1.165, 1.54) is 0 Å². The zero-order valence-electron chi connectivity index (χ0n) is 11.5. The van der Waals surface area contributed by atoms with E-state index in [0.29, 0.717) is 19.4 Å². The van der Waals surface area contributed by atoms with Crippen LogP contribution in [0.5, 0.6) is 0 Å². The summed E-state index contributed by atoms with van der Waals surface area (Å²) >= 11 is 0. The van der Waals surface area contributed by atoms with E-state index in [1.807, 2.05) is 51.1 Å². The fourth-order valence-electron chi connectivity index (χ4n) is 2.27. The number of benzene rings is 1. The highest BCUT2D eigenvalue weighted by atomic mass is 16.5. The van der Waals surface area contributed by atoms with Crippen LogP contribution in [0.3, 0.4) is 0 Å². The average Bonchev–Trinajstić information content (AvgIpc) is 2.42. The highest BCUT2D eigenvalue weighted by Crippen LogP contribution is 2.41. The molecular weight excluding hydrogens is 224 g/mol. The van der Waals surface area contributed by atoms with Crippen LogP contribution in [0.25, 0.3) is 5.57 Å². The van der Waals surface area contributed by atoms with Crippen molar-refractivity contribution < 1.29 is 9.53 Å². The number of hydrogen-bond donors (Lipinski definition) is 0. The number of hydrogen-bond acceptors (Lipinski definition) is 2. The molecule has 0 unspecified atom stereocenters. The molecule has 0 saturated carbocycles. The van der Waals surface area contributed by atoms with Gasteiger partial charge < -0.3 is 4.74 Å². The smallest absolute Gasteiger partial charge is 0.316 e. The highest BCUT2D eigenvalue weighted by Gasteiger charge is 2.39. The zero-order valence-corrected chi connectivity index (χ0v) is 11.5. The summed E-state index contributed by atoms with van der Waals surface area (Å²) in [5.41, 5.74) is 1.26. The Balaban J connectivity index is 3.12. The largest absolute Gasteiger partial charge is 0.465 e. The predicted octanol–water partition coefficient (Wildman–Crippen LogP) is 4.07. The van der Waals surface area contributed by atoms with Gasteiger partial charge in [-0.1, -0.05) is 50.8 Å². The SMILES string of the molecule is C=C(c1ccccc1)C(CC)(CC)C(=O)OCC. The Morgan fingerprint density at radius 3 is 2.17 bits per heavy atom. The topological polar surface area (TPSA) is 26.3 Å². The summed E-state index contributed by atoms with van der Waals surface area (Å²) in [5, 5.41) is 0. The van der Waals surface area contributed by atoms with Crippen LogP contribution in [0.2, 0.25) is 0 Å². The number of esters is 1. The second kappa shape index (κ2) is 6.39. The molecule has 0 fully saturated rings. The minimum absolute atomic E-state index is 0.163. The fraction of sp³-hybridized carbons (Fsp3) is 0.438. The molecule has 1 aromatic rings. The third-order valence-corrected chi connectivity index (χ3v) is 3.57. The lowest BCUT2D eigenvalue weighted by atomic mass is 9.73. The molecule has 1 aromatic carbocycles. The second-order valence-electron chi connectivity index (χ2n) is 4.35. The van der Waals surface area contributed by atoms with E-state index in [9.17, 15) is 4.79 Å². The van der Waals surface area contributed by atoms with E-state index in [-0.39, 0.29) is 5.97 Å². The van der Waals surface area contributed by atoms with E-state index in [2.05, 4.69) is 6.58 Å². The number of rotatable bonds is 6. The van der Waals surface area contributed by atoms with Crippen LogP contribution in [-0.4, -0.2) is 12.6 Å². The minimum Gasteiger partial charge on any atom is -0.465 e. The minimum atomic E-state index is -0.600. The monoisotopic (exact) mass is 246 g/mol. The second-order valence-corrected chi connectivity index (χ2v) is 4.35. The molecule has 0 spiro atoms. The lowest BCUT2D eigenvalue weighted by Crippen LogP contribution is -2.33. The molecule has 0 heterocycles. The first-order chi connectivity index (χ1) is 8.62. The maximum absolute atomic E-state index is 12.3. The molecule has 2 nitrogen and oxygen atoms in total. The van der Waals surface area contributed by atoms with Gasteiger partial charge in [-0.05, 0) is 30.9 Å². The van der Waals surface area contributed by atoms with Crippen molar-refractivity contribution in [1.29, 1.82) is 0 Å². The third-order valence-electron chi connectivity index (χ3n) is 3.57. The first kappa shape index (κ1) is 14.5. The lowest BCUT2D eigenvalue weighted by molar-refractivity contribution is -0.152. The van der Waals surface area contributed by atoms with Gasteiger partial charge in [0.05, 0.1) is 12.0 Å². The number of carbonyl (C=O) groups excluding carboxylic acids is 1. The summed E-state index contributed by atoms with van der Waals surface area (Å²) in [6.45, 7) is 10.4. The normalized spacial score (nSPS) is 11.1. The summed E-state index contributed by atoms with van der Waals surface area (Å²) in [5.74, 6) is -0.163. The molecule has 18 heavy (non-hydrogen) atoms. The van der Waals surface area contributed by atoms with Crippen molar-refractivity contribution in [3.8, 4) is 0 Å². The van der Waals surface area contributed by atoms with Crippen molar-refractivity contribution >= 4 is 11.5 Å². The van der Waals surface area contributed by atoms with Crippen LogP contribution in [-0.2, 0) is 9.53 Å². The number of carbonyl (C=O) groups is 1. The van der Waals surface area contributed by atoms with Crippen molar-refractivity contribution in [1.82, 2.24) is 0 Å². The average molecular weight is 246 g/mol. The van der Waals surface area contributed by atoms with E-state index in [4.69, 9.17) is 4.74 Å². The molecule has 1 rings (SSSR count). The summed E-state index contributed by atoms with van der Waals surface area (Å²) in [6.07, 6.45) is 1.41. The van der Waals surface area contributed by atoms with Gasteiger partial charge in [-0.15, -0.1) is 0 Å². The zero-order chi connectivity index (χ0) is 13.6. The maximum Gasteiger partial charge on any atom is 0.316 e. The molecule has 0 N–H and O–H groups in total. The molecule has 0 aliphatic carbocycles. The van der Waals surface area contributed by atoms with Crippen LogP contribution in [0.4, 0.5) is 0 Å². The van der Waals surface area contributed by atoms with Gasteiger partial charge >= 0.3 is 5.97 Å². The Morgan fingerprint density at radius 1 is 1.17 bits per heavy atom. The quantitative estimate of drug-likeness (QED) is 0.707. The Kier molecular flexibility index (Phi) is 5.14. The molecule has 0 radical (unpaired) electrons. The Labute approximate surface area is 110 Å². The molecule has 0 saturated heterocycles. The van der Waals surface area contributed by atoms with Gasteiger partial charge in [0.2, 0.25) is 0 Å². The van der Waals surface area contributed by atoms with Gasteiger partial charge in [0.1, 0.15) is 0 Å². The van der Waals surface area contributed by atoms with Crippen molar-refractivity contribution in [3.05, 3.63) is 42.5 Å². The summed E-state index contributed by atoms with van der Waals surface area (Å²) in [7, 11) is 0. The van der Waals surface area contributed by atoms with Crippen molar-refractivity contribution in [2.75, 3.05) is 6.61 Å². The van der Waals surface area contributed by atoms with Gasteiger partial charge in [-0.25, -0.2) is 0 Å². The summed E-state index contributed by atoms with van der Waals surface area (Å²) < 4.78 is 5.23. The molecular formula is C16H22O2. The van der Waals surface area contributed by atoms with E-state index >= 15 is 0 Å². The first-order valence-electron chi connectivity index (χ1n) is 6.54. The molecule has 98 valence electrons. The van der Waals surface area contributed by atoms with E-state index < -0.39 is 5.41 Å². The van der Waals surface area contributed by atoms with Gasteiger partial charge in [0, 0.05) is 0 Å². The molecule has 0 atom stereocenters. The van der Waals surface area contributed by atoms with Gasteiger partial charge in [0.15, 0.2) is 0 Å². The fourth-order valence-corrected chi connectivity index (χ4v) is 2.27. The third kappa shape index (κ3) is 2.63. The van der Waals surface area contributed by atoms with Crippen LogP contribution in [0.15, 0.2) is 36.9 Å². The molecule has 2 heteroatoms. The highest BCUT2D eigenvalue weighted by molar-refractivity contribution is 5.92. The Bertz CT molecular complexity index is 402. The standard InChI is InChI=1S/C16H22O2/c1-5-16(6-2,15(17)18-7-3)13(4)14-11-9-8-10-12-14/h8-12H,4-7H2,1-3H3. The van der Waals surface area contributed by atoms with Gasteiger partial charge in [0.25, 0.3) is 0 Å². The predicted molar refractivity (Wildman–Crippen MR) is 75.1 cm³/mol. The lowest BCUT2D eigenvalue weighted by Gasteiger charge is -2.31. The molecule has 0 aliphatic rings. The molecule has 0 amide bonds. The van der Waals surface area contributed by atoms with Crippen LogP contribution < -0.4 is 0 Å². The van der Waals surface area contributed by atoms with Crippen LogP contribution in [0, 0.1) is 5.41 Å². The maximum atomic E-state index is 12.3. The molecule has 0 aliphatic heterocycles. The van der Waals surface area contributed by atoms with Crippen LogP contribution in [0.1, 0.15) is 39.2 Å². The summed E-state index contributed by atoms with van der Waals surface area (Å²) in [4.78, 5) is 12.3. The van der Waals surface area contributed by atoms with Crippen LogP contribution >= 0.6 is 0 Å². The Morgan fingerprint density at radius 2 is 1.72 bits per heavy atom. The first-order valence-corrected chi connectivity index (χ1v) is 6.54. The van der Waals surface area contributed by atoms with Crippen molar-refractivity contribution in [2.24, 2.45) is 5.41 Å². The Hall–Kier alpha value is -1.57. The number of ether oxygens (including phenoxy) is 1. The van der Waals surface area contributed by atoms with Gasteiger partial charge in [-0.3, -0.25) is 4.79 Å². The van der Waals surface area contributed by atoms with Crippen molar-refractivity contribution in [3.63, 3.8) is 0 Å².